The summed E-state index contributed by atoms with van der Waals surface area (Å²) in [6, 6.07) is 38.6. The standard InChI is InChI=1S/C38H25N3/c1-3-12-24(4-2)31-23-32(26-14-6-5-7-15-26)40-38(39-31)41-33-19-10-17-28-29-22-21-25-13-8-9-16-27(25)35(29)30-18-11-20-34(41)37(30)36(28)33/h3-23H,1-2H2/b24-12+. The Bertz CT molecular complexity index is 2340. The molecule has 0 saturated heterocycles. The van der Waals surface area contributed by atoms with Gasteiger partial charge in [-0.1, -0.05) is 122 Å². The second kappa shape index (κ2) is 9.00. The summed E-state index contributed by atoms with van der Waals surface area (Å²) in [6.45, 7) is 7.95. The third kappa shape index (κ3) is 3.39. The van der Waals surface area contributed by atoms with Gasteiger partial charge >= 0.3 is 0 Å². The van der Waals surface area contributed by atoms with Gasteiger partial charge in [0.1, 0.15) is 0 Å². The Balaban J connectivity index is 1.54. The van der Waals surface area contributed by atoms with Crippen molar-refractivity contribution in [2.24, 2.45) is 0 Å². The molecule has 0 aliphatic heterocycles. The van der Waals surface area contributed by atoms with Crippen LogP contribution in [0.15, 0.2) is 141 Å². The minimum Gasteiger partial charge on any atom is -0.278 e. The van der Waals surface area contributed by atoms with Crippen LogP contribution in [0, 0.1) is 0 Å². The molecule has 8 aromatic rings. The first-order chi connectivity index (χ1) is 20.3. The molecule has 2 heterocycles. The minimum absolute atomic E-state index is 0.628. The van der Waals surface area contributed by atoms with E-state index in [2.05, 4.69) is 103 Å². The Morgan fingerprint density at radius 2 is 1.29 bits per heavy atom. The number of rotatable bonds is 5. The highest BCUT2D eigenvalue weighted by Crippen LogP contribution is 2.45. The highest BCUT2D eigenvalue weighted by atomic mass is 15.2. The number of nitrogens with zero attached hydrogens (tertiary/aromatic N) is 3. The van der Waals surface area contributed by atoms with Crippen molar-refractivity contribution in [3.63, 3.8) is 0 Å². The van der Waals surface area contributed by atoms with Crippen LogP contribution in [0.2, 0.25) is 0 Å². The lowest BCUT2D eigenvalue weighted by atomic mass is 9.91. The average Bonchev–Trinajstić information content (AvgIpc) is 3.38. The van der Waals surface area contributed by atoms with Crippen LogP contribution in [-0.2, 0) is 0 Å². The molecule has 0 aliphatic carbocycles. The first kappa shape index (κ1) is 23.4. The molecule has 0 radical (unpaired) electrons. The average molecular weight is 524 g/mol. The third-order valence-electron chi connectivity index (χ3n) is 8.10. The summed E-state index contributed by atoms with van der Waals surface area (Å²) in [5.74, 6) is 0.628. The molecule has 0 aliphatic rings. The Hall–Kier alpha value is -5.54. The van der Waals surface area contributed by atoms with Crippen molar-refractivity contribution in [2.75, 3.05) is 0 Å². The first-order valence-electron chi connectivity index (χ1n) is 13.8. The summed E-state index contributed by atoms with van der Waals surface area (Å²) in [7, 11) is 0. The molecule has 0 atom stereocenters. The molecule has 0 amide bonds. The molecular formula is C38H25N3. The maximum atomic E-state index is 5.17. The fraction of sp³-hybridized carbons (Fsp3) is 0. The summed E-state index contributed by atoms with van der Waals surface area (Å²) < 4.78 is 2.22. The highest BCUT2D eigenvalue weighted by molar-refractivity contribution is 6.37. The summed E-state index contributed by atoms with van der Waals surface area (Å²) in [5.41, 5.74) is 5.76. The van der Waals surface area contributed by atoms with Crippen LogP contribution in [0.5, 0.6) is 0 Å². The van der Waals surface area contributed by atoms with E-state index in [1.165, 1.54) is 43.1 Å². The van der Waals surface area contributed by atoms with Crippen LogP contribution in [0.1, 0.15) is 5.69 Å². The number of hydrogen-bond acceptors (Lipinski definition) is 2. The molecule has 192 valence electrons. The van der Waals surface area contributed by atoms with Crippen molar-refractivity contribution < 1.29 is 0 Å². The number of hydrogen-bond donors (Lipinski definition) is 0. The first-order valence-corrected chi connectivity index (χ1v) is 13.8. The van der Waals surface area contributed by atoms with Crippen molar-refractivity contribution >= 4 is 59.7 Å². The van der Waals surface area contributed by atoms with Crippen LogP contribution < -0.4 is 0 Å². The van der Waals surface area contributed by atoms with E-state index in [1.54, 1.807) is 6.08 Å². The SMILES string of the molecule is C=C/C=C(\C=C)c1cc(-c2ccccc2)nc(-n2c3cccc4c5ccc6ccccc6c5c5cccc2c5c43)n1. The van der Waals surface area contributed by atoms with Crippen molar-refractivity contribution in [3.05, 3.63) is 146 Å². The number of benzene rings is 6. The minimum atomic E-state index is 0.628. The molecule has 41 heavy (non-hydrogen) atoms. The third-order valence-corrected chi connectivity index (χ3v) is 8.10. The van der Waals surface area contributed by atoms with Crippen LogP contribution in [0.4, 0.5) is 0 Å². The zero-order valence-electron chi connectivity index (χ0n) is 22.4. The van der Waals surface area contributed by atoms with Gasteiger partial charge in [0.2, 0.25) is 5.95 Å². The second-order valence-electron chi connectivity index (χ2n) is 10.3. The number of aromatic nitrogens is 3. The van der Waals surface area contributed by atoms with E-state index >= 15 is 0 Å². The summed E-state index contributed by atoms with van der Waals surface area (Å²) >= 11 is 0. The molecule has 0 saturated carbocycles. The monoisotopic (exact) mass is 523 g/mol. The van der Waals surface area contributed by atoms with Gasteiger partial charge in [-0.05, 0) is 56.1 Å². The van der Waals surface area contributed by atoms with Crippen LogP contribution in [0.25, 0.3) is 76.9 Å². The van der Waals surface area contributed by atoms with Crippen molar-refractivity contribution in [3.8, 4) is 17.2 Å². The van der Waals surface area contributed by atoms with Gasteiger partial charge in [0, 0.05) is 16.3 Å². The molecule has 0 fully saturated rings. The predicted molar refractivity (Wildman–Crippen MR) is 174 cm³/mol. The molecule has 6 aromatic carbocycles. The maximum absolute atomic E-state index is 5.17. The van der Waals surface area contributed by atoms with Crippen molar-refractivity contribution in [2.45, 2.75) is 0 Å². The van der Waals surface area contributed by atoms with E-state index in [9.17, 15) is 0 Å². The fourth-order valence-electron chi connectivity index (χ4n) is 6.37. The van der Waals surface area contributed by atoms with E-state index in [-0.39, 0.29) is 0 Å². The van der Waals surface area contributed by atoms with Gasteiger partial charge in [0.25, 0.3) is 0 Å². The van der Waals surface area contributed by atoms with Gasteiger partial charge < -0.3 is 0 Å². The van der Waals surface area contributed by atoms with Crippen molar-refractivity contribution in [1.29, 1.82) is 0 Å². The van der Waals surface area contributed by atoms with Crippen molar-refractivity contribution in [1.82, 2.24) is 14.5 Å². The Morgan fingerprint density at radius 3 is 2.07 bits per heavy atom. The zero-order chi connectivity index (χ0) is 27.5. The molecule has 8 rings (SSSR count). The summed E-state index contributed by atoms with van der Waals surface area (Å²) in [6.07, 6.45) is 5.52. The van der Waals surface area contributed by atoms with Crippen LogP contribution in [0.3, 0.4) is 0 Å². The fourth-order valence-corrected chi connectivity index (χ4v) is 6.37. The van der Waals surface area contributed by atoms with E-state index in [4.69, 9.17) is 9.97 Å². The number of allylic oxidation sites excluding steroid dienone is 4. The van der Waals surface area contributed by atoms with E-state index in [0.717, 1.165) is 33.6 Å². The van der Waals surface area contributed by atoms with Gasteiger partial charge in [0.15, 0.2) is 0 Å². The second-order valence-corrected chi connectivity index (χ2v) is 10.3. The lowest BCUT2D eigenvalue weighted by Gasteiger charge is -2.12. The predicted octanol–water partition coefficient (Wildman–Crippen LogP) is 9.89. The topological polar surface area (TPSA) is 30.7 Å². The van der Waals surface area contributed by atoms with E-state index < -0.39 is 0 Å². The highest BCUT2D eigenvalue weighted by Gasteiger charge is 2.22. The molecule has 0 unspecified atom stereocenters. The largest absolute Gasteiger partial charge is 0.278 e. The quantitative estimate of drug-likeness (QED) is 0.166. The molecule has 2 aromatic heterocycles. The molecule has 3 heteroatoms. The van der Waals surface area contributed by atoms with E-state index in [1.807, 2.05) is 36.4 Å². The lowest BCUT2D eigenvalue weighted by molar-refractivity contribution is 0.984. The lowest BCUT2D eigenvalue weighted by Crippen LogP contribution is -2.05. The van der Waals surface area contributed by atoms with E-state index in [0.29, 0.717) is 5.95 Å². The number of fused-ring (bicyclic) bond motifs is 5. The Kier molecular flexibility index (Phi) is 5.13. The Labute approximate surface area is 237 Å². The van der Waals surface area contributed by atoms with Gasteiger partial charge in [-0.3, -0.25) is 4.57 Å². The van der Waals surface area contributed by atoms with Crippen LogP contribution >= 0.6 is 0 Å². The molecule has 0 N–H and O–H groups in total. The molecule has 0 spiro atoms. The molecule has 3 nitrogen and oxygen atoms in total. The van der Waals surface area contributed by atoms with Gasteiger partial charge in [-0.2, -0.15) is 0 Å². The maximum Gasteiger partial charge on any atom is 0.235 e. The van der Waals surface area contributed by atoms with Crippen LogP contribution in [-0.4, -0.2) is 14.5 Å². The zero-order valence-corrected chi connectivity index (χ0v) is 22.4. The Morgan fingerprint density at radius 1 is 0.610 bits per heavy atom. The smallest absolute Gasteiger partial charge is 0.235 e. The van der Waals surface area contributed by atoms with Gasteiger partial charge in [0.05, 0.1) is 22.4 Å². The van der Waals surface area contributed by atoms with Gasteiger partial charge in [-0.15, -0.1) is 0 Å². The summed E-state index contributed by atoms with van der Waals surface area (Å²) in [4.78, 5) is 10.3. The molecule has 0 bridgehead atoms. The normalized spacial score (nSPS) is 12.2. The van der Waals surface area contributed by atoms with Gasteiger partial charge in [-0.25, -0.2) is 9.97 Å². The molecular weight excluding hydrogens is 498 g/mol. The summed E-state index contributed by atoms with van der Waals surface area (Å²) in [5, 5.41) is 10.0.